The molecule has 2 aliphatic rings. The van der Waals surface area contributed by atoms with E-state index in [1.807, 2.05) is 14.0 Å². The van der Waals surface area contributed by atoms with E-state index in [0.717, 1.165) is 6.54 Å². The molecule has 0 bridgehead atoms. The van der Waals surface area contributed by atoms with Crippen molar-refractivity contribution >= 4 is 11.9 Å². The summed E-state index contributed by atoms with van der Waals surface area (Å²) in [5.74, 6) is -0.289. The minimum atomic E-state index is -0.861. The van der Waals surface area contributed by atoms with Gasteiger partial charge in [0.15, 0.2) is 0 Å². The molecule has 0 aromatic rings. The number of nitriles is 1. The second-order valence-electron chi connectivity index (χ2n) is 7.68. The number of hydrogen-bond donors (Lipinski definition) is 2. The van der Waals surface area contributed by atoms with Gasteiger partial charge in [0, 0.05) is 25.7 Å². The van der Waals surface area contributed by atoms with E-state index in [9.17, 15) is 14.9 Å². The summed E-state index contributed by atoms with van der Waals surface area (Å²) in [6, 6.07) is 1.62. The summed E-state index contributed by atoms with van der Waals surface area (Å²) in [6.07, 6.45) is 2.89. The minimum Gasteiger partial charge on any atom is -0.378 e. The van der Waals surface area contributed by atoms with Crippen LogP contribution in [0.4, 0.5) is 4.79 Å². The summed E-state index contributed by atoms with van der Waals surface area (Å²) in [5, 5.41) is 15.3. The summed E-state index contributed by atoms with van der Waals surface area (Å²) < 4.78 is 5.23. The molecule has 2 rings (SSSR count). The SMILES string of the molecule is CCC.CC[C@H](NC(=O)N1CCOCC1)C(=O)NC1(C#N)CCN(C)C(C)C1. The van der Waals surface area contributed by atoms with Gasteiger partial charge < -0.3 is 25.2 Å². The van der Waals surface area contributed by atoms with Crippen molar-refractivity contribution in [2.24, 2.45) is 0 Å². The third-order valence-corrected chi connectivity index (χ3v) is 5.18. The fourth-order valence-electron chi connectivity index (χ4n) is 3.28. The summed E-state index contributed by atoms with van der Waals surface area (Å²) in [6.45, 7) is 11.0. The van der Waals surface area contributed by atoms with Crippen LogP contribution in [0.5, 0.6) is 0 Å². The Hall–Kier alpha value is -1.85. The molecule has 0 aromatic heterocycles. The molecule has 0 saturated carbocycles. The number of morpholine rings is 1. The minimum absolute atomic E-state index is 0.219. The third-order valence-electron chi connectivity index (χ3n) is 5.18. The van der Waals surface area contributed by atoms with Gasteiger partial charge in [0.25, 0.3) is 0 Å². The highest BCUT2D eigenvalue weighted by Crippen LogP contribution is 2.25. The van der Waals surface area contributed by atoms with Crippen LogP contribution in [0.3, 0.4) is 0 Å². The number of hydrogen-bond acceptors (Lipinski definition) is 5. The molecule has 28 heavy (non-hydrogen) atoms. The fraction of sp³-hybridized carbons (Fsp3) is 0.850. The molecular weight excluding hydrogens is 358 g/mol. The molecule has 3 amide bonds. The number of nitrogens with zero attached hydrogens (tertiary/aromatic N) is 3. The lowest BCUT2D eigenvalue weighted by Crippen LogP contribution is -2.61. The third kappa shape index (κ3) is 6.95. The van der Waals surface area contributed by atoms with Gasteiger partial charge >= 0.3 is 6.03 Å². The van der Waals surface area contributed by atoms with E-state index in [0.29, 0.717) is 45.6 Å². The van der Waals surface area contributed by atoms with Crippen LogP contribution in [0.2, 0.25) is 0 Å². The van der Waals surface area contributed by atoms with Crippen LogP contribution in [-0.4, -0.2) is 79.3 Å². The first kappa shape index (κ1) is 24.2. The summed E-state index contributed by atoms with van der Waals surface area (Å²) in [7, 11) is 2.02. The van der Waals surface area contributed by atoms with Crippen molar-refractivity contribution in [1.82, 2.24) is 20.4 Å². The number of ether oxygens (including phenoxy) is 1. The first-order valence-electron chi connectivity index (χ1n) is 10.4. The van der Waals surface area contributed by atoms with E-state index >= 15 is 0 Å². The van der Waals surface area contributed by atoms with Crippen molar-refractivity contribution in [3.05, 3.63) is 0 Å². The van der Waals surface area contributed by atoms with Crippen LogP contribution in [0.25, 0.3) is 0 Å². The molecule has 2 N–H and O–H groups in total. The van der Waals surface area contributed by atoms with Crippen molar-refractivity contribution in [1.29, 1.82) is 5.26 Å². The Bertz CT molecular complexity index is 544. The number of amides is 3. The molecule has 3 atom stereocenters. The van der Waals surface area contributed by atoms with Gasteiger partial charge in [-0.05, 0) is 33.2 Å². The maximum absolute atomic E-state index is 12.7. The van der Waals surface area contributed by atoms with E-state index in [1.54, 1.807) is 4.90 Å². The molecule has 0 aliphatic carbocycles. The number of urea groups is 1. The Morgan fingerprint density at radius 3 is 2.36 bits per heavy atom. The molecule has 2 saturated heterocycles. The molecule has 2 heterocycles. The molecule has 0 spiro atoms. The predicted octanol–water partition coefficient (Wildman–Crippen LogP) is 1.72. The average molecular weight is 396 g/mol. The van der Waals surface area contributed by atoms with Crippen LogP contribution in [0.1, 0.15) is 53.4 Å². The number of nitrogens with one attached hydrogen (secondary N) is 2. The average Bonchev–Trinajstić information content (AvgIpc) is 2.70. The number of piperidine rings is 1. The Labute approximate surface area is 169 Å². The monoisotopic (exact) mass is 395 g/mol. The van der Waals surface area contributed by atoms with Gasteiger partial charge in [0.1, 0.15) is 11.6 Å². The fourth-order valence-corrected chi connectivity index (χ4v) is 3.28. The Kier molecular flexibility index (Phi) is 10.3. The lowest BCUT2D eigenvalue weighted by Gasteiger charge is -2.41. The Morgan fingerprint density at radius 1 is 1.25 bits per heavy atom. The highest BCUT2D eigenvalue weighted by Gasteiger charge is 2.40. The van der Waals surface area contributed by atoms with Crippen LogP contribution < -0.4 is 10.6 Å². The zero-order valence-electron chi connectivity index (χ0n) is 18.1. The molecule has 160 valence electrons. The topological polar surface area (TPSA) is 97.7 Å². The highest BCUT2D eigenvalue weighted by molar-refractivity contribution is 5.87. The van der Waals surface area contributed by atoms with E-state index < -0.39 is 11.6 Å². The molecule has 0 radical (unpaired) electrons. The van der Waals surface area contributed by atoms with Crippen LogP contribution in [-0.2, 0) is 9.53 Å². The Balaban J connectivity index is 0.00000122. The highest BCUT2D eigenvalue weighted by atomic mass is 16.5. The van der Waals surface area contributed by atoms with Crippen LogP contribution in [0.15, 0.2) is 0 Å². The smallest absolute Gasteiger partial charge is 0.318 e. The van der Waals surface area contributed by atoms with Crippen molar-refractivity contribution in [3.63, 3.8) is 0 Å². The van der Waals surface area contributed by atoms with Crippen LogP contribution in [0, 0.1) is 11.3 Å². The predicted molar refractivity (Wildman–Crippen MR) is 109 cm³/mol. The van der Waals surface area contributed by atoms with Crippen molar-refractivity contribution < 1.29 is 14.3 Å². The second-order valence-corrected chi connectivity index (χ2v) is 7.68. The quantitative estimate of drug-likeness (QED) is 0.755. The maximum Gasteiger partial charge on any atom is 0.318 e. The molecule has 0 aromatic carbocycles. The molecule has 2 aliphatic heterocycles. The first-order chi connectivity index (χ1) is 13.3. The van der Waals surface area contributed by atoms with Gasteiger partial charge in [-0.3, -0.25) is 4.79 Å². The standard InChI is InChI=1S/C17H29N5O3.C3H8/c1-4-14(19-16(24)22-7-9-25-10-8-22)15(23)20-17(12-18)5-6-21(3)13(2)11-17;1-3-2/h13-14H,4-11H2,1-3H3,(H,19,24)(H,20,23);3H2,1-2H3/t13?,14-,17?;/m0./s1. The molecule has 2 fully saturated rings. The van der Waals surface area contributed by atoms with Crippen molar-refractivity contribution in [2.45, 2.75) is 71.0 Å². The summed E-state index contributed by atoms with van der Waals surface area (Å²) in [5.41, 5.74) is -0.861. The number of carbonyl (C=O) groups is 2. The van der Waals surface area contributed by atoms with E-state index in [1.165, 1.54) is 6.42 Å². The summed E-state index contributed by atoms with van der Waals surface area (Å²) in [4.78, 5) is 28.8. The van der Waals surface area contributed by atoms with Gasteiger partial charge in [-0.15, -0.1) is 0 Å². The largest absolute Gasteiger partial charge is 0.378 e. The van der Waals surface area contributed by atoms with Crippen molar-refractivity contribution in [3.8, 4) is 6.07 Å². The molecule has 8 nitrogen and oxygen atoms in total. The molecule has 2 unspecified atom stereocenters. The second kappa shape index (κ2) is 11.9. The number of rotatable bonds is 4. The Morgan fingerprint density at radius 2 is 1.86 bits per heavy atom. The van der Waals surface area contributed by atoms with Gasteiger partial charge in [0.05, 0.1) is 19.3 Å². The molecule has 8 heteroatoms. The first-order valence-corrected chi connectivity index (χ1v) is 10.4. The normalized spacial score (nSPS) is 26.3. The van der Waals surface area contributed by atoms with E-state index in [2.05, 4.69) is 42.4 Å². The van der Waals surface area contributed by atoms with E-state index in [-0.39, 0.29) is 18.0 Å². The van der Waals surface area contributed by atoms with Crippen molar-refractivity contribution in [2.75, 3.05) is 39.9 Å². The van der Waals surface area contributed by atoms with Gasteiger partial charge in [-0.25, -0.2) is 4.79 Å². The summed E-state index contributed by atoms with van der Waals surface area (Å²) >= 11 is 0. The van der Waals surface area contributed by atoms with Gasteiger partial charge in [-0.1, -0.05) is 27.2 Å². The number of likely N-dealkylation sites (tertiary alicyclic amines) is 1. The molecular formula is C20H37N5O3. The lowest BCUT2D eigenvalue weighted by molar-refractivity contribution is -0.125. The zero-order valence-corrected chi connectivity index (χ0v) is 18.1. The lowest BCUT2D eigenvalue weighted by atomic mass is 9.84. The maximum atomic E-state index is 12.7. The van der Waals surface area contributed by atoms with Crippen LogP contribution >= 0.6 is 0 Å². The van der Waals surface area contributed by atoms with Gasteiger partial charge in [-0.2, -0.15) is 5.26 Å². The zero-order chi connectivity index (χ0) is 21.2. The van der Waals surface area contributed by atoms with E-state index in [4.69, 9.17) is 4.74 Å². The van der Waals surface area contributed by atoms with Gasteiger partial charge in [0.2, 0.25) is 5.91 Å². The number of carbonyl (C=O) groups excluding carboxylic acids is 2.